The number of hydrogen-bond acceptors (Lipinski definition) is 1. The SMILES string of the molecule is CCCCCCCCCCCCCCCCCCC(Cl)CC.CN(C)C. The lowest BCUT2D eigenvalue weighted by atomic mass is 10.0. The molecule has 0 heterocycles. The molecule has 0 aromatic heterocycles. The van der Waals surface area contributed by atoms with Gasteiger partial charge in [-0.2, -0.15) is 0 Å². The van der Waals surface area contributed by atoms with Gasteiger partial charge in [-0.3, -0.25) is 0 Å². The molecule has 0 aliphatic heterocycles. The molecule has 0 aromatic carbocycles. The Morgan fingerprint density at radius 1 is 0.538 bits per heavy atom. The van der Waals surface area contributed by atoms with Crippen LogP contribution in [0.4, 0.5) is 0 Å². The Kier molecular flexibility index (Phi) is 27.6. The summed E-state index contributed by atoms with van der Waals surface area (Å²) in [5.74, 6) is 0. The quantitative estimate of drug-likeness (QED) is 0.167. The zero-order valence-corrected chi connectivity index (χ0v) is 19.9. The topological polar surface area (TPSA) is 3.24 Å². The third-order valence-corrected chi connectivity index (χ3v) is 5.34. The second-order valence-electron chi connectivity index (χ2n) is 8.44. The highest BCUT2D eigenvalue weighted by Crippen LogP contribution is 2.15. The molecule has 160 valence electrons. The minimum atomic E-state index is 0.423. The molecule has 0 amide bonds. The first-order valence-electron chi connectivity index (χ1n) is 11.8. The Morgan fingerprint density at radius 2 is 0.808 bits per heavy atom. The van der Waals surface area contributed by atoms with E-state index in [-0.39, 0.29) is 0 Å². The number of nitrogens with zero attached hydrogens (tertiary/aromatic N) is 1. The molecule has 0 spiro atoms. The van der Waals surface area contributed by atoms with Crippen LogP contribution < -0.4 is 0 Å². The second kappa shape index (κ2) is 25.2. The third kappa shape index (κ3) is 32.0. The van der Waals surface area contributed by atoms with Crippen molar-refractivity contribution in [2.45, 2.75) is 135 Å². The maximum atomic E-state index is 6.13. The molecular weight excluding hydrogens is 338 g/mol. The van der Waals surface area contributed by atoms with Crippen molar-refractivity contribution in [1.82, 2.24) is 4.90 Å². The van der Waals surface area contributed by atoms with Crippen molar-refractivity contribution in [3.63, 3.8) is 0 Å². The van der Waals surface area contributed by atoms with Gasteiger partial charge in [-0.15, -0.1) is 11.6 Å². The summed E-state index contributed by atoms with van der Waals surface area (Å²) in [6.45, 7) is 4.48. The summed E-state index contributed by atoms with van der Waals surface area (Å²) in [4.78, 5) is 2.00. The van der Waals surface area contributed by atoms with Crippen molar-refractivity contribution >= 4 is 11.6 Å². The van der Waals surface area contributed by atoms with E-state index in [0.717, 1.165) is 6.42 Å². The number of unbranched alkanes of at least 4 members (excludes halogenated alkanes) is 15. The number of rotatable bonds is 18. The summed E-state index contributed by atoms with van der Waals surface area (Å²) in [6.07, 6.45) is 25.4. The summed E-state index contributed by atoms with van der Waals surface area (Å²) in [5, 5.41) is 0.423. The van der Waals surface area contributed by atoms with E-state index in [1.54, 1.807) is 0 Å². The van der Waals surface area contributed by atoms with Crippen molar-refractivity contribution < 1.29 is 0 Å². The maximum absolute atomic E-state index is 6.13. The van der Waals surface area contributed by atoms with Gasteiger partial charge in [-0.05, 0) is 34.0 Å². The number of halogens is 1. The molecule has 0 aromatic rings. The minimum Gasteiger partial charge on any atom is -0.312 e. The van der Waals surface area contributed by atoms with Crippen LogP contribution in [0.15, 0.2) is 0 Å². The molecule has 0 aliphatic carbocycles. The first-order valence-corrected chi connectivity index (χ1v) is 12.2. The summed E-state index contributed by atoms with van der Waals surface area (Å²) in [7, 11) is 6.00. The molecule has 0 saturated heterocycles. The average Bonchev–Trinajstić information content (AvgIpc) is 2.60. The van der Waals surface area contributed by atoms with Gasteiger partial charge in [0.1, 0.15) is 0 Å². The molecule has 0 N–H and O–H groups in total. The molecule has 0 fully saturated rings. The van der Waals surface area contributed by atoms with Gasteiger partial charge in [-0.25, -0.2) is 0 Å². The summed E-state index contributed by atoms with van der Waals surface area (Å²) < 4.78 is 0. The van der Waals surface area contributed by atoms with Crippen molar-refractivity contribution in [2.75, 3.05) is 21.1 Å². The Hall–Kier alpha value is 0.250. The smallest absolute Gasteiger partial charge is 0.0333 e. The van der Waals surface area contributed by atoms with Crippen molar-refractivity contribution in [3.05, 3.63) is 0 Å². The van der Waals surface area contributed by atoms with Crippen molar-refractivity contribution in [2.24, 2.45) is 0 Å². The van der Waals surface area contributed by atoms with Gasteiger partial charge in [0.2, 0.25) is 0 Å². The fourth-order valence-electron chi connectivity index (χ4n) is 3.12. The van der Waals surface area contributed by atoms with Crippen LogP contribution in [0.1, 0.15) is 129 Å². The van der Waals surface area contributed by atoms with Crippen LogP contribution in [0.5, 0.6) is 0 Å². The van der Waals surface area contributed by atoms with E-state index in [1.807, 2.05) is 26.0 Å². The van der Waals surface area contributed by atoms with E-state index in [9.17, 15) is 0 Å². The minimum absolute atomic E-state index is 0.423. The zero-order chi connectivity index (χ0) is 19.9. The highest BCUT2D eigenvalue weighted by molar-refractivity contribution is 6.20. The van der Waals surface area contributed by atoms with Gasteiger partial charge in [0, 0.05) is 5.38 Å². The van der Waals surface area contributed by atoms with Crippen molar-refractivity contribution in [3.8, 4) is 0 Å². The molecule has 0 aliphatic rings. The molecule has 2 heteroatoms. The molecule has 1 unspecified atom stereocenters. The molecule has 1 nitrogen and oxygen atoms in total. The third-order valence-electron chi connectivity index (χ3n) is 4.81. The lowest BCUT2D eigenvalue weighted by Gasteiger charge is -2.06. The summed E-state index contributed by atoms with van der Waals surface area (Å²) >= 11 is 6.13. The molecule has 0 saturated carbocycles. The first kappa shape index (κ1) is 28.5. The highest BCUT2D eigenvalue weighted by Gasteiger charge is 2.00. The van der Waals surface area contributed by atoms with Crippen LogP contribution in [0.25, 0.3) is 0 Å². The Balaban J connectivity index is 0. The zero-order valence-electron chi connectivity index (χ0n) is 19.1. The molecular formula is C24H52ClN. The highest BCUT2D eigenvalue weighted by atomic mass is 35.5. The van der Waals surface area contributed by atoms with E-state index in [2.05, 4.69) is 13.8 Å². The largest absolute Gasteiger partial charge is 0.312 e. The lowest BCUT2D eigenvalue weighted by molar-refractivity contribution is 0.505. The van der Waals surface area contributed by atoms with Crippen molar-refractivity contribution in [1.29, 1.82) is 0 Å². The van der Waals surface area contributed by atoms with Crippen LogP contribution in [0, 0.1) is 0 Å². The molecule has 1 atom stereocenters. The number of alkyl halides is 1. The van der Waals surface area contributed by atoms with E-state index in [4.69, 9.17) is 11.6 Å². The Bertz CT molecular complexity index is 227. The second-order valence-corrected chi connectivity index (χ2v) is 9.06. The Morgan fingerprint density at radius 3 is 1.08 bits per heavy atom. The first-order chi connectivity index (χ1) is 12.5. The van der Waals surface area contributed by atoms with Crippen LogP contribution in [-0.2, 0) is 0 Å². The Labute approximate surface area is 172 Å². The van der Waals surface area contributed by atoms with Crippen LogP contribution >= 0.6 is 11.6 Å². The van der Waals surface area contributed by atoms with Gasteiger partial charge in [0.25, 0.3) is 0 Å². The van der Waals surface area contributed by atoms with Gasteiger partial charge < -0.3 is 4.90 Å². The molecule has 0 bridgehead atoms. The molecule has 0 radical (unpaired) electrons. The van der Waals surface area contributed by atoms with Crippen LogP contribution in [0.3, 0.4) is 0 Å². The monoisotopic (exact) mass is 389 g/mol. The number of hydrogen-bond donors (Lipinski definition) is 0. The van der Waals surface area contributed by atoms with E-state index in [1.165, 1.54) is 109 Å². The fraction of sp³-hybridized carbons (Fsp3) is 1.00. The fourth-order valence-corrected chi connectivity index (χ4v) is 3.27. The van der Waals surface area contributed by atoms with Gasteiger partial charge >= 0.3 is 0 Å². The molecule has 26 heavy (non-hydrogen) atoms. The van der Waals surface area contributed by atoms with E-state index >= 15 is 0 Å². The lowest BCUT2D eigenvalue weighted by Crippen LogP contribution is -1.99. The molecule has 0 rings (SSSR count). The van der Waals surface area contributed by atoms with E-state index < -0.39 is 0 Å². The van der Waals surface area contributed by atoms with Gasteiger partial charge in [0.15, 0.2) is 0 Å². The standard InChI is InChI=1S/C21H43Cl.C3H9N/c1-3-5-6-7-8-9-10-11-12-13-14-15-16-17-18-19-20-21(22)4-2;1-4(2)3/h21H,3-20H2,1-2H3;1-3H3. The normalized spacial score (nSPS) is 12.1. The van der Waals surface area contributed by atoms with E-state index in [0.29, 0.717) is 5.38 Å². The maximum Gasteiger partial charge on any atom is 0.0333 e. The predicted molar refractivity (Wildman–Crippen MR) is 124 cm³/mol. The van der Waals surface area contributed by atoms with Gasteiger partial charge in [0.05, 0.1) is 0 Å². The van der Waals surface area contributed by atoms with Gasteiger partial charge in [-0.1, -0.05) is 117 Å². The summed E-state index contributed by atoms with van der Waals surface area (Å²) in [5.41, 5.74) is 0. The average molecular weight is 390 g/mol. The predicted octanol–water partition coefficient (Wildman–Crippen LogP) is 8.83. The van der Waals surface area contributed by atoms with Crippen LogP contribution in [-0.4, -0.2) is 31.4 Å². The summed E-state index contributed by atoms with van der Waals surface area (Å²) in [6, 6.07) is 0. The van der Waals surface area contributed by atoms with Crippen LogP contribution in [0.2, 0.25) is 0 Å².